The van der Waals surface area contributed by atoms with E-state index in [1.54, 1.807) is 0 Å². The molecule has 0 amide bonds. The van der Waals surface area contributed by atoms with Crippen LogP contribution in [0.4, 0.5) is 13.2 Å². The molecule has 2 aromatic carbocycles. The van der Waals surface area contributed by atoms with Gasteiger partial charge in [0.15, 0.2) is 0 Å². The minimum Gasteiger partial charge on any atom is -0.535 e. The van der Waals surface area contributed by atoms with Gasteiger partial charge in [0.25, 0.3) is 0 Å². The summed E-state index contributed by atoms with van der Waals surface area (Å²) in [6, 6.07) is 14.3. The summed E-state index contributed by atoms with van der Waals surface area (Å²) in [6.45, 7) is 0. The Morgan fingerprint density at radius 2 is 1.44 bits per heavy atom. The molecule has 0 N–H and O–H groups in total. The molecule has 0 atom stereocenters. The van der Waals surface area contributed by atoms with Gasteiger partial charge in [-0.05, 0) is 17.3 Å². The lowest BCUT2D eigenvalue weighted by atomic mass is 10.2. The van der Waals surface area contributed by atoms with E-state index in [1.165, 1.54) is 18.2 Å². The molecule has 0 saturated heterocycles. The quantitative estimate of drug-likeness (QED) is 0.776. The van der Waals surface area contributed by atoms with E-state index in [-0.39, 0.29) is 15.5 Å². The van der Waals surface area contributed by atoms with Crippen LogP contribution in [0.5, 0.6) is 5.75 Å². The number of hydrogen-bond acceptors (Lipinski definition) is 1. The first kappa shape index (κ1) is 12.7. The van der Waals surface area contributed by atoms with Gasteiger partial charge in [0.05, 0.1) is 5.56 Å². The predicted molar refractivity (Wildman–Crippen MR) is 63.9 cm³/mol. The van der Waals surface area contributed by atoms with E-state index in [4.69, 9.17) is 4.43 Å². The van der Waals surface area contributed by atoms with Crippen molar-refractivity contribution in [1.82, 2.24) is 0 Å². The Balaban J connectivity index is 2.15. The molecule has 1 nitrogen and oxygen atoms in total. The lowest BCUT2D eigenvalue weighted by Crippen LogP contribution is -2.21. The van der Waals surface area contributed by atoms with Crippen molar-refractivity contribution in [2.24, 2.45) is 0 Å². The highest BCUT2D eigenvalue weighted by atomic mass is 28.2. The Hall–Kier alpha value is -1.75. The third-order valence-electron chi connectivity index (χ3n) is 2.25. The van der Waals surface area contributed by atoms with Gasteiger partial charge in [0.2, 0.25) is 0 Å². The van der Waals surface area contributed by atoms with Crippen LogP contribution in [0.2, 0.25) is 0 Å². The van der Waals surface area contributed by atoms with Crippen LogP contribution in [0, 0.1) is 0 Å². The largest absolute Gasteiger partial charge is 0.535 e. The molecule has 18 heavy (non-hydrogen) atoms. The fraction of sp³-hybridized carbons (Fsp3) is 0.0769. The number of para-hydroxylation sites is 1. The molecule has 2 rings (SSSR count). The van der Waals surface area contributed by atoms with E-state index < -0.39 is 11.7 Å². The third-order valence-corrected chi connectivity index (χ3v) is 3.14. The zero-order valence-corrected chi connectivity index (χ0v) is 10.2. The minimum absolute atomic E-state index is 0.132. The minimum atomic E-state index is -4.39. The first-order valence-electron chi connectivity index (χ1n) is 5.21. The molecule has 0 aliphatic heterocycles. The summed E-state index contributed by atoms with van der Waals surface area (Å²) in [5, 5.41) is 0.856. The van der Waals surface area contributed by atoms with Gasteiger partial charge in [0.1, 0.15) is 5.75 Å². The first-order chi connectivity index (χ1) is 8.57. The highest BCUT2D eigenvalue weighted by Crippen LogP contribution is 2.35. The maximum atomic E-state index is 12.7. The Kier molecular flexibility index (Phi) is 3.71. The molecule has 2 radical (unpaired) electrons. The van der Waals surface area contributed by atoms with Crippen LogP contribution in [0.15, 0.2) is 54.6 Å². The van der Waals surface area contributed by atoms with Crippen LogP contribution in [0.25, 0.3) is 0 Å². The molecule has 0 bridgehead atoms. The van der Waals surface area contributed by atoms with E-state index in [2.05, 4.69) is 0 Å². The molecular formula is C13H9F3OSi. The van der Waals surface area contributed by atoms with Gasteiger partial charge < -0.3 is 4.43 Å². The second kappa shape index (κ2) is 5.26. The number of rotatable bonds is 3. The highest BCUT2D eigenvalue weighted by molar-refractivity contribution is 6.47. The SMILES string of the molecule is FC(F)(F)c1ccccc1O[Si]c1ccccc1. The first-order valence-corrected chi connectivity index (χ1v) is 6.12. The number of alkyl halides is 3. The topological polar surface area (TPSA) is 9.23 Å². The zero-order chi connectivity index (χ0) is 13.0. The van der Waals surface area contributed by atoms with Crippen LogP contribution in [-0.4, -0.2) is 9.76 Å². The van der Waals surface area contributed by atoms with Crippen molar-refractivity contribution in [3.05, 3.63) is 60.2 Å². The fourth-order valence-corrected chi connectivity index (χ4v) is 2.14. The van der Waals surface area contributed by atoms with E-state index in [0.29, 0.717) is 0 Å². The third kappa shape index (κ3) is 3.13. The average Bonchev–Trinajstić information content (AvgIpc) is 2.37. The zero-order valence-electron chi connectivity index (χ0n) is 9.24. The molecule has 0 heterocycles. The highest BCUT2D eigenvalue weighted by Gasteiger charge is 2.33. The average molecular weight is 266 g/mol. The van der Waals surface area contributed by atoms with Gasteiger partial charge in [-0.1, -0.05) is 42.5 Å². The molecule has 92 valence electrons. The number of benzene rings is 2. The standard InChI is InChI=1S/C13H9F3OSi/c14-13(15,16)11-8-4-5-9-12(11)17-18-10-6-2-1-3-7-10/h1-9H. The van der Waals surface area contributed by atoms with Crippen molar-refractivity contribution >= 4 is 14.9 Å². The van der Waals surface area contributed by atoms with E-state index in [9.17, 15) is 13.2 Å². The van der Waals surface area contributed by atoms with Gasteiger partial charge >= 0.3 is 15.9 Å². The van der Waals surface area contributed by atoms with Crippen molar-refractivity contribution in [2.75, 3.05) is 0 Å². The van der Waals surface area contributed by atoms with E-state index in [0.717, 1.165) is 11.3 Å². The molecule has 0 aromatic heterocycles. The lowest BCUT2D eigenvalue weighted by Gasteiger charge is -2.13. The smallest absolute Gasteiger partial charge is 0.419 e. The van der Waals surface area contributed by atoms with Crippen LogP contribution < -0.4 is 9.61 Å². The van der Waals surface area contributed by atoms with Crippen molar-refractivity contribution in [3.63, 3.8) is 0 Å². The molecule has 0 fully saturated rings. The molecule has 0 aliphatic carbocycles. The Morgan fingerprint density at radius 1 is 0.833 bits per heavy atom. The summed E-state index contributed by atoms with van der Waals surface area (Å²) >= 11 is 0. The van der Waals surface area contributed by atoms with E-state index >= 15 is 0 Å². The molecule has 0 unspecified atom stereocenters. The van der Waals surface area contributed by atoms with Crippen LogP contribution in [0.3, 0.4) is 0 Å². The van der Waals surface area contributed by atoms with Crippen LogP contribution in [-0.2, 0) is 6.18 Å². The maximum absolute atomic E-state index is 12.7. The normalized spacial score (nSPS) is 11.3. The molecular weight excluding hydrogens is 257 g/mol. The summed E-state index contributed by atoms with van der Waals surface area (Å²) < 4.78 is 43.3. The second-order valence-electron chi connectivity index (χ2n) is 3.56. The lowest BCUT2D eigenvalue weighted by molar-refractivity contribution is -0.138. The van der Waals surface area contributed by atoms with Gasteiger partial charge in [0, 0.05) is 0 Å². The van der Waals surface area contributed by atoms with Crippen molar-refractivity contribution in [1.29, 1.82) is 0 Å². The van der Waals surface area contributed by atoms with Crippen molar-refractivity contribution in [3.8, 4) is 5.75 Å². The Bertz CT molecular complexity index is 511. The fourth-order valence-electron chi connectivity index (χ4n) is 1.41. The summed E-state index contributed by atoms with van der Waals surface area (Å²) in [4.78, 5) is 0. The molecule has 0 spiro atoms. The molecule has 2 aromatic rings. The van der Waals surface area contributed by atoms with Crippen LogP contribution >= 0.6 is 0 Å². The Labute approximate surface area is 105 Å². The van der Waals surface area contributed by atoms with Crippen LogP contribution in [0.1, 0.15) is 5.56 Å². The van der Waals surface area contributed by atoms with E-state index in [1.807, 2.05) is 30.3 Å². The Morgan fingerprint density at radius 3 is 2.11 bits per heavy atom. The van der Waals surface area contributed by atoms with Gasteiger partial charge in [-0.2, -0.15) is 13.2 Å². The molecule has 0 saturated carbocycles. The molecule has 0 aliphatic rings. The van der Waals surface area contributed by atoms with Gasteiger partial charge in [-0.15, -0.1) is 0 Å². The second-order valence-corrected chi connectivity index (χ2v) is 4.55. The maximum Gasteiger partial charge on any atom is 0.419 e. The van der Waals surface area contributed by atoms with Gasteiger partial charge in [-0.3, -0.25) is 0 Å². The molecule has 5 heteroatoms. The van der Waals surface area contributed by atoms with Gasteiger partial charge in [-0.25, -0.2) is 0 Å². The summed E-state index contributed by atoms with van der Waals surface area (Å²) in [7, 11) is -0.143. The summed E-state index contributed by atoms with van der Waals surface area (Å²) in [5.74, 6) is -0.132. The van der Waals surface area contributed by atoms with Crippen molar-refractivity contribution < 1.29 is 17.6 Å². The summed E-state index contributed by atoms with van der Waals surface area (Å²) in [5.41, 5.74) is -0.742. The number of halogens is 3. The van der Waals surface area contributed by atoms with Crippen molar-refractivity contribution in [2.45, 2.75) is 6.18 Å². The monoisotopic (exact) mass is 266 g/mol. The predicted octanol–water partition coefficient (Wildman–Crippen LogP) is 3.03. The number of hydrogen-bond donors (Lipinski definition) is 0. The summed E-state index contributed by atoms with van der Waals surface area (Å²) in [6.07, 6.45) is -4.39.